The number of nitrogens with one attached hydrogen (secondary N) is 1. The van der Waals surface area contributed by atoms with Crippen molar-refractivity contribution < 1.29 is 9.53 Å². The van der Waals surface area contributed by atoms with Crippen LogP contribution in [-0.4, -0.2) is 23.6 Å². The minimum absolute atomic E-state index is 0. The summed E-state index contributed by atoms with van der Waals surface area (Å²) in [5.74, 6) is -0.321. The van der Waals surface area contributed by atoms with Crippen LogP contribution in [0.3, 0.4) is 0 Å². The lowest BCUT2D eigenvalue weighted by Gasteiger charge is -2.10. The van der Waals surface area contributed by atoms with Gasteiger partial charge in [-0.15, -0.1) is 12.4 Å². The number of nitrogens with two attached hydrogens (primary N) is 1. The van der Waals surface area contributed by atoms with Gasteiger partial charge in [0, 0.05) is 23.5 Å². The van der Waals surface area contributed by atoms with Gasteiger partial charge in [-0.2, -0.15) is 0 Å². The molecule has 0 saturated heterocycles. The van der Waals surface area contributed by atoms with Gasteiger partial charge < -0.3 is 15.5 Å². The van der Waals surface area contributed by atoms with Crippen molar-refractivity contribution in [3.05, 3.63) is 36.0 Å². The van der Waals surface area contributed by atoms with Gasteiger partial charge in [-0.05, 0) is 18.1 Å². The zero-order chi connectivity index (χ0) is 13.7. The Hall–Kier alpha value is -1.52. The summed E-state index contributed by atoms with van der Waals surface area (Å²) >= 11 is 0. The fraction of sp³-hybridized carbons (Fsp3) is 0.400. The molecule has 1 atom stereocenters. The van der Waals surface area contributed by atoms with E-state index in [9.17, 15) is 4.79 Å². The average molecular weight is 297 g/mol. The number of hydrogen-bond donors (Lipinski definition) is 2. The summed E-state index contributed by atoms with van der Waals surface area (Å²) in [5.41, 5.74) is 8.00. The second-order valence-corrected chi connectivity index (χ2v) is 4.69. The van der Waals surface area contributed by atoms with Crippen LogP contribution in [0.15, 0.2) is 30.5 Å². The number of aromatic nitrogens is 1. The molecule has 5 heteroatoms. The number of para-hydroxylation sites is 1. The van der Waals surface area contributed by atoms with Crippen LogP contribution in [0.5, 0.6) is 0 Å². The number of carbonyl (C=O) groups excluding carboxylic acids is 1. The smallest absolute Gasteiger partial charge is 0.323 e. The zero-order valence-electron chi connectivity index (χ0n) is 11.6. The predicted octanol–water partition coefficient (Wildman–Crippen LogP) is 2.80. The topological polar surface area (TPSA) is 68.1 Å². The minimum atomic E-state index is -0.601. The number of aromatic amines is 1. The summed E-state index contributed by atoms with van der Waals surface area (Å²) in [6.45, 7) is 2.51. The van der Waals surface area contributed by atoms with Crippen LogP contribution in [0, 0.1) is 0 Å². The number of esters is 1. The number of halogens is 1. The molecule has 0 saturated carbocycles. The summed E-state index contributed by atoms with van der Waals surface area (Å²) in [7, 11) is 0. The number of fused-ring (bicyclic) bond motifs is 1. The van der Waals surface area contributed by atoms with E-state index in [0.717, 1.165) is 29.3 Å². The predicted molar refractivity (Wildman–Crippen MR) is 83.1 cm³/mol. The molecule has 0 aliphatic carbocycles. The second kappa shape index (κ2) is 7.92. The monoisotopic (exact) mass is 296 g/mol. The van der Waals surface area contributed by atoms with Crippen molar-refractivity contribution in [1.82, 2.24) is 4.98 Å². The van der Waals surface area contributed by atoms with Gasteiger partial charge in [0.05, 0.1) is 6.61 Å². The highest BCUT2D eigenvalue weighted by Gasteiger charge is 2.17. The van der Waals surface area contributed by atoms with E-state index in [0.29, 0.717) is 13.0 Å². The quantitative estimate of drug-likeness (QED) is 0.636. The summed E-state index contributed by atoms with van der Waals surface area (Å²) in [6, 6.07) is 7.38. The first-order chi connectivity index (χ1) is 9.22. The molecule has 0 unspecified atom stereocenters. The van der Waals surface area contributed by atoms with Crippen LogP contribution < -0.4 is 5.73 Å². The maximum atomic E-state index is 11.7. The Morgan fingerprint density at radius 3 is 2.90 bits per heavy atom. The molecule has 0 aliphatic heterocycles. The van der Waals surface area contributed by atoms with Crippen LogP contribution in [-0.2, 0) is 16.0 Å². The first-order valence-corrected chi connectivity index (χ1v) is 6.69. The summed E-state index contributed by atoms with van der Waals surface area (Å²) in [4.78, 5) is 14.9. The molecule has 1 heterocycles. The van der Waals surface area contributed by atoms with E-state index < -0.39 is 6.04 Å². The maximum Gasteiger partial charge on any atom is 0.323 e. The highest BCUT2D eigenvalue weighted by Crippen LogP contribution is 2.18. The minimum Gasteiger partial charge on any atom is -0.465 e. The van der Waals surface area contributed by atoms with Crippen LogP contribution in [0.1, 0.15) is 25.3 Å². The lowest BCUT2D eigenvalue weighted by molar-refractivity contribution is -0.145. The highest BCUT2D eigenvalue weighted by molar-refractivity contribution is 5.85. The number of carbonyl (C=O) groups is 1. The lowest BCUT2D eigenvalue weighted by atomic mass is 10.1. The molecule has 0 amide bonds. The van der Waals surface area contributed by atoms with Crippen molar-refractivity contribution in [2.75, 3.05) is 6.61 Å². The first kappa shape index (κ1) is 16.5. The Morgan fingerprint density at radius 1 is 1.40 bits per heavy atom. The fourth-order valence-electron chi connectivity index (χ4n) is 2.04. The zero-order valence-corrected chi connectivity index (χ0v) is 12.4. The van der Waals surface area contributed by atoms with E-state index in [-0.39, 0.29) is 18.4 Å². The first-order valence-electron chi connectivity index (χ1n) is 6.69. The number of unbranched alkanes of at least 4 members (excludes halogenated alkanes) is 1. The third-order valence-corrected chi connectivity index (χ3v) is 3.16. The maximum absolute atomic E-state index is 11.7. The normalized spacial score (nSPS) is 11.9. The van der Waals surface area contributed by atoms with Crippen molar-refractivity contribution in [1.29, 1.82) is 0 Å². The molecule has 0 bridgehead atoms. The lowest BCUT2D eigenvalue weighted by Crippen LogP contribution is -2.34. The van der Waals surface area contributed by atoms with Gasteiger partial charge in [0.25, 0.3) is 0 Å². The molecule has 110 valence electrons. The number of ether oxygens (including phenoxy) is 1. The number of rotatable bonds is 6. The molecule has 2 rings (SSSR count). The van der Waals surface area contributed by atoms with E-state index in [1.807, 2.05) is 30.5 Å². The van der Waals surface area contributed by atoms with Crippen molar-refractivity contribution in [3.8, 4) is 0 Å². The Labute approximate surface area is 125 Å². The Bertz CT molecular complexity index is 554. The molecule has 0 radical (unpaired) electrons. The molecular formula is C15H21ClN2O2. The SMILES string of the molecule is CCCCOC(=O)[C@H](N)Cc1c[nH]c2ccccc12.Cl. The van der Waals surface area contributed by atoms with Crippen molar-refractivity contribution in [3.63, 3.8) is 0 Å². The van der Waals surface area contributed by atoms with Crippen LogP contribution in [0.4, 0.5) is 0 Å². The molecule has 0 fully saturated rings. The molecule has 0 aliphatic rings. The number of benzene rings is 1. The van der Waals surface area contributed by atoms with Crippen LogP contribution in [0.25, 0.3) is 10.9 Å². The van der Waals surface area contributed by atoms with Crippen LogP contribution >= 0.6 is 12.4 Å². The standard InChI is InChI=1S/C15H20N2O2.ClH/c1-2-3-8-19-15(18)13(16)9-11-10-17-14-7-5-4-6-12(11)14;/h4-7,10,13,17H,2-3,8-9,16H2,1H3;1H/t13-;/m1./s1. The van der Waals surface area contributed by atoms with E-state index in [1.165, 1.54) is 0 Å². The van der Waals surface area contributed by atoms with E-state index >= 15 is 0 Å². The molecule has 3 N–H and O–H groups in total. The Morgan fingerprint density at radius 2 is 2.15 bits per heavy atom. The summed E-state index contributed by atoms with van der Waals surface area (Å²) in [5, 5.41) is 1.11. The number of hydrogen-bond acceptors (Lipinski definition) is 3. The highest BCUT2D eigenvalue weighted by atomic mass is 35.5. The third kappa shape index (κ3) is 3.99. The molecule has 4 nitrogen and oxygen atoms in total. The second-order valence-electron chi connectivity index (χ2n) is 4.69. The van der Waals surface area contributed by atoms with E-state index in [4.69, 9.17) is 10.5 Å². The largest absolute Gasteiger partial charge is 0.465 e. The molecule has 1 aromatic heterocycles. The fourth-order valence-corrected chi connectivity index (χ4v) is 2.04. The summed E-state index contributed by atoms with van der Waals surface area (Å²) in [6.07, 6.45) is 4.29. The van der Waals surface area contributed by atoms with Crippen molar-refractivity contribution >= 4 is 29.3 Å². The van der Waals surface area contributed by atoms with Gasteiger partial charge in [0.1, 0.15) is 6.04 Å². The third-order valence-electron chi connectivity index (χ3n) is 3.16. The van der Waals surface area contributed by atoms with E-state index in [2.05, 4.69) is 11.9 Å². The Balaban J connectivity index is 0.00000200. The van der Waals surface area contributed by atoms with Crippen molar-refractivity contribution in [2.45, 2.75) is 32.2 Å². The van der Waals surface area contributed by atoms with Gasteiger partial charge >= 0.3 is 5.97 Å². The van der Waals surface area contributed by atoms with Gasteiger partial charge in [-0.1, -0.05) is 31.5 Å². The van der Waals surface area contributed by atoms with Gasteiger partial charge in [-0.25, -0.2) is 0 Å². The van der Waals surface area contributed by atoms with Crippen molar-refractivity contribution in [2.24, 2.45) is 5.73 Å². The molecule has 2 aromatic rings. The molecule has 0 spiro atoms. The summed E-state index contributed by atoms with van der Waals surface area (Å²) < 4.78 is 5.13. The number of H-pyrrole nitrogens is 1. The van der Waals surface area contributed by atoms with Gasteiger partial charge in [-0.3, -0.25) is 4.79 Å². The molecular weight excluding hydrogens is 276 g/mol. The Kier molecular flexibility index (Phi) is 6.55. The average Bonchev–Trinajstić information content (AvgIpc) is 2.82. The molecule has 1 aromatic carbocycles. The van der Waals surface area contributed by atoms with Gasteiger partial charge in [0.2, 0.25) is 0 Å². The van der Waals surface area contributed by atoms with Gasteiger partial charge in [0.15, 0.2) is 0 Å². The van der Waals surface area contributed by atoms with E-state index in [1.54, 1.807) is 0 Å². The molecule has 20 heavy (non-hydrogen) atoms. The van der Waals surface area contributed by atoms with Crippen LogP contribution in [0.2, 0.25) is 0 Å².